The Morgan fingerprint density at radius 1 is 1.07 bits per heavy atom. The molecule has 0 aliphatic heterocycles. The molecule has 0 bridgehead atoms. The van der Waals surface area contributed by atoms with E-state index in [0.717, 1.165) is 6.07 Å². The summed E-state index contributed by atoms with van der Waals surface area (Å²) in [5, 5.41) is 2.41. The van der Waals surface area contributed by atoms with Crippen molar-refractivity contribution in [2.45, 2.75) is 72.1 Å². The van der Waals surface area contributed by atoms with Crippen LogP contribution >= 0.6 is 0 Å². The van der Waals surface area contributed by atoms with Crippen LogP contribution < -0.4 is 5.32 Å². The first-order valence-corrected chi connectivity index (χ1v) is 8.96. The van der Waals surface area contributed by atoms with Crippen LogP contribution in [-0.2, 0) is 14.3 Å². The minimum atomic E-state index is -0.937. The normalized spacial score (nSPS) is 15.0. The van der Waals surface area contributed by atoms with E-state index in [1.807, 2.05) is 13.8 Å². The number of hydrogen-bond donors (Lipinski definition) is 1. The van der Waals surface area contributed by atoms with Gasteiger partial charge in [-0.15, -0.1) is 0 Å². The third-order valence-electron chi connectivity index (χ3n) is 3.93. The van der Waals surface area contributed by atoms with Crippen molar-refractivity contribution < 1.29 is 27.8 Å². The van der Waals surface area contributed by atoms with Gasteiger partial charge in [0.15, 0.2) is 0 Å². The summed E-state index contributed by atoms with van der Waals surface area (Å²) >= 11 is 0. The lowest BCUT2D eigenvalue weighted by molar-refractivity contribution is -0.152. The van der Waals surface area contributed by atoms with Gasteiger partial charge in [-0.25, -0.2) is 18.4 Å². The Labute approximate surface area is 159 Å². The van der Waals surface area contributed by atoms with Crippen molar-refractivity contribution >= 4 is 12.1 Å². The quantitative estimate of drug-likeness (QED) is 0.730. The molecule has 1 amide bonds. The summed E-state index contributed by atoms with van der Waals surface area (Å²) in [7, 11) is 0. The Hall–Kier alpha value is -2.18. The molecular weight excluding hydrogens is 356 g/mol. The molecule has 1 N–H and O–H groups in total. The van der Waals surface area contributed by atoms with Crippen molar-refractivity contribution in [3.8, 4) is 0 Å². The number of hydrogen-bond acceptors (Lipinski definition) is 4. The smallest absolute Gasteiger partial charge is 0.408 e. The Morgan fingerprint density at radius 3 is 2.15 bits per heavy atom. The molecule has 0 aliphatic carbocycles. The number of amides is 1. The maximum Gasteiger partial charge on any atom is 0.408 e. The van der Waals surface area contributed by atoms with Gasteiger partial charge < -0.3 is 14.8 Å². The fourth-order valence-corrected chi connectivity index (χ4v) is 2.83. The van der Waals surface area contributed by atoms with E-state index < -0.39 is 47.4 Å². The second-order valence-electron chi connectivity index (χ2n) is 7.95. The first-order valence-electron chi connectivity index (χ1n) is 8.96. The first-order chi connectivity index (χ1) is 12.3. The maximum absolute atomic E-state index is 14.2. The van der Waals surface area contributed by atoms with Crippen molar-refractivity contribution in [1.82, 2.24) is 5.32 Å². The molecule has 1 aromatic rings. The Bertz CT molecular complexity index is 670. The molecule has 152 valence electrons. The van der Waals surface area contributed by atoms with E-state index in [0.29, 0.717) is 0 Å². The van der Waals surface area contributed by atoms with Gasteiger partial charge in [0.1, 0.15) is 29.4 Å². The van der Waals surface area contributed by atoms with Crippen LogP contribution in [0.3, 0.4) is 0 Å². The first kappa shape index (κ1) is 22.9. The molecule has 0 radical (unpaired) electrons. The highest BCUT2D eigenvalue weighted by atomic mass is 19.1. The molecule has 5 nitrogen and oxygen atoms in total. The van der Waals surface area contributed by atoms with Crippen LogP contribution in [0.4, 0.5) is 13.6 Å². The fraction of sp³-hybridized carbons (Fsp3) is 0.600. The summed E-state index contributed by atoms with van der Waals surface area (Å²) in [6.45, 7) is 12.0. The van der Waals surface area contributed by atoms with Gasteiger partial charge in [-0.05, 0) is 52.2 Å². The lowest BCUT2D eigenvalue weighted by atomic mass is 9.84. The lowest BCUT2D eigenvalue weighted by Crippen LogP contribution is -2.43. The summed E-state index contributed by atoms with van der Waals surface area (Å²) < 4.78 is 37.9. The third kappa shape index (κ3) is 7.15. The van der Waals surface area contributed by atoms with Crippen molar-refractivity contribution in [1.29, 1.82) is 0 Å². The Balaban J connectivity index is 2.82. The number of carbonyl (C=O) groups excluding carboxylic acids is 2. The van der Waals surface area contributed by atoms with Crippen LogP contribution in [0, 0.1) is 17.6 Å². The number of halogens is 2. The van der Waals surface area contributed by atoms with Gasteiger partial charge in [0, 0.05) is 12.0 Å². The van der Waals surface area contributed by atoms with Gasteiger partial charge in [-0.2, -0.15) is 0 Å². The average Bonchev–Trinajstić information content (AvgIpc) is 2.47. The van der Waals surface area contributed by atoms with Crippen LogP contribution in [0.25, 0.3) is 0 Å². The summed E-state index contributed by atoms with van der Waals surface area (Å²) in [5.41, 5.74) is -0.413. The molecule has 27 heavy (non-hydrogen) atoms. The molecule has 0 saturated heterocycles. The van der Waals surface area contributed by atoms with E-state index in [2.05, 4.69) is 5.32 Å². The van der Waals surface area contributed by atoms with Crippen LogP contribution in [-0.4, -0.2) is 29.8 Å². The van der Waals surface area contributed by atoms with Gasteiger partial charge in [0.25, 0.3) is 0 Å². The molecule has 1 aromatic carbocycles. The summed E-state index contributed by atoms with van der Waals surface area (Å²) in [6.07, 6.45) is -1.41. The molecule has 7 heteroatoms. The van der Waals surface area contributed by atoms with Crippen molar-refractivity contribution in [3.05, 3.63) is 35.4 Å². The van der Waals surface area contributed by atoms with Gasteiger partial charge in [-0.3, -0.25) is 0 Å². The number of esters is 1. The van der Waals surface area contributed by atoms with Crippen LogP contribution in [0.1, 0.15) is 59.9 Å². The van der Waals surface area contributed by atoms with Crippen molar-refractivity contribution in [2.24, 2.45) is 5.92 Å². The number of ether oxygens (including phenoxy) is 2. The Morgan fingerprint density at radius 2 is 1.67 bits per heavy atom. The molecule has 3 atom stereocenters. The minimum Gasteiger partial charge on any atom is -0.460 e. The average molecular weight is 385 g/mol. The van der Waals surface area contributed by atoms with Crippen molar-refractivity contribution in [2.75, 3.05) is 0 Å². The summed E-state index contributed by atoms with van der Waals surface area (Å²) in [4.78, 5) is 24.1. The highest BCUT2D eigenvalue weighted by molar-refractivity contribution is 5.81. The zero-order valence-corrected chi connectivity index (χ0v) is 16.9. The number of nitrogens with one attached hydrogen (secondary N) is 1. The number of alkyl carbamates (subject to hydrolysis) is 1. The van der Waals surface area contributed by atoms with Gasteiger partial charge >= 0.3 is 12.1 Å². The number of rotatable bonds is 6. The van der Waals surface area contributed by atoms with Gasteiger partial charge in [0.2, 0.25) is 0 Å². The molecule has 1 rings (SSSR count). The molecule has 0 spiro atoms. The molecule has 0 saturated carbocycles. The van der Waals surface area contributed by atoms with Crippen molar-refractivity contribution in [3.63, 3.8) is 0 Å². The third-order valence-corrected chi connectivity index (χ3v) is 3.93. The SMILES string of the molecule is CC(C)[C@@H](c1ccc(F)cc1F)[C@H](C)OC(=O)[C@H](C)NC(=O)OC(C)(C)C. The van der Waals surface area contributed by atoms with Crippen LogP contribution in [0.5, 0.6) is 0 Å². The van der Waals surface area contributed by atoms with Gasteiger partial charge in [-0.1, -0.05) is 19.9 Å². The molecule has 0 fully saturated rings. The second kappa shape index (κ2) is 9.15. The van der Waals surface area contributed by atoms with Crippen LogP contribution in [0.15, 0.2) is 18.2 Å². The predicted octanol–water partition coefficient (Wildman–Crippen LogP) is 4.55. The summed E-state index contributed by atoms with van der Waals surface area (Å²) in [6, 6.07) is 2.41. The number of carbonyl (C=O) groups is 2. The van der Waals surface area contributed by atoms with E-state index in [9.17, 15) is 18.4 Å². The standard InChI is InChI=1S/C20H29F2NO4/c1-11(2)17(15-9-8-14(21)10-16(15)22)13(4)26-18(24)12(3)23-19(25)27-20(5,6)7/h8-13,17H,1-7H3,(H,23,25)/t12-,13-,17+/m0/s1. The molecule has 0 aliphatic rings. The monoisotopic (exact) mass is 385 g/mol. The van der Waals surface area contributed by atoms with E-state index in [1.165, 1.54) is 19.1 Å². The van der Waals surface area contributed by atoms with Gasteiger partial charge in [0.05, 0.1) is 0 Å². The fourth-order valence-electron chi connectivity index (χ4n) is 2.83. The lowest BCUT2D eigenvalue weighted by Gasteiger charge is -2.29. The zero-order valence-electron chi connectivity index (χ0n) is 16.9. The largest absolute Gasteiger partial charge is 0.460 e. The molecule has 0 unspecified atom stereocenters. The zero-order chi connectivity index (χ0) is 20.9. The number of benzene rings is 1. The Kier molecular flexibility index (Phi) is 7.75. The minimum absolute atomic E-state index is 0.0677. The molecule has 0 aromatic heterocycles. The summed E-state index contributed by atoms with van der Waals surface area (Å²) in [5.74, 6) is -2.55. The van der Waals surface area contributed by atoms with E-state index in [1.54, 1.807) is 27.7 Å². The van der Waals surface area contributed by atoms with Crippen LogP contribution in [0.2, 0.25) is 0 Å². The van der Waals surface area contributed by atoms with E-state index in [4.69, 9.17) is 9.47 Å². The highest BCUT2D eigenvalue weighted by Crippen LogP contribution is 2.32. The highest BCUT2D eigenvalue weighted by Gasteiger charge is 2.30. The topological polar surface area (TPSA) is 64.6 Å². The predicted molar refractivity (Wildman–Crippen MR) is 98.3 cm³/mol. The second-order valence-corrected chi connectivity index (χ2v) is 7.95. The maximum atomic E-state index is 14.2. The molecule has 0 heterocycles. The van der Waals surface area contributed by atoms with E-state index >= 15 is 0 Å². The van der Waals surface area contributed by atoms with E-state index in [-0.39, 0.29) is 11.5 Å². The molecular formula is C20H29F2NO4.